The van der Waals surface area contributed by atoms with Gasteiger partial charge in [0.05, 0.1) is 11.8 Å². The van der Waals surface area contributed by atoms with Gasteiger partial charge in [0.1, 0.15) is 7.05 Å². The average molecular weight is 217 g/mol. The molecule has 0 atom stereocenters. The number of pyridine rings is 1. The Labute approximate surface area is 75.7 Å². The molecular weight excluding hydrogens is 208 g/mol. The number of rotatable bonds is 1. The van der Waals surface area contributed by atoms with E-state index in [0.717, 1.165) is 5.56 Å². The zero-order valence-corrected chi connectivity index (χ0v) is 7.69. The highest BCUT2D eigenvalue weighted by Gasteiger charge is 1.92. The van der Waals surface area contributed by atoms with Crippen molar-refractivity contribution in [2.75, 3.05) is 0 Å². The van der Waals surface area contributed by atoms with Gasteiger partial charge in [-0.1, -0.05) is 5.16 Å². The Balaban J connectivity index is 0.000001000. The van der Waals surface area contributed by atoms with Crippen LogP contribution in [0.3, 0.4) is 0 Å². The maximum atomic E-state index is 8.17. The summed E-state index contributed by atoms with van der Waals surface area (Å²) in [4.78, 5) is 0. The first-order valence-corrected chi connectivity index (χ1v) is 2.95. The number of aromatic nitrogens is 1. The first-order valence-electron chi connectivity index (χ1n) is 2.95. The third kappa shape index (κ3) is 3.13. The molecule has 60 valence electrons. The van der Waals surface area contributed by atoms with Gasteiger partial charge in [0, 0.05) is 6.07 Å². The third-order valence-corrected chi connectivity index (χ3v) is 1.17. The molecule has 1 heterocycles. The van der Waals surface area contributed by atoms with Gasteiger partial charge in [-0.3, -0.25) is 0 Å². The van der Waals surface area contributed by atoms with E-state index in [1.165, 1.54) is 6.21 Å². The van der Waals surface area contributed by atoms with Crippen LogP contribution >= 0.6 is 0 Å². The van der Waals surface area contributed by atoms with Gasteiger partial charge in [-0.25, -0.2) is 4.57 Å². The summed E-state index contributed by atoms with van der Waals surface area (Å²) in [5.74, 6) is 0. The lowest BCUT2D eigenvalue weighted by Gasteiger charge is -1.86. The van der Waals surface area contributed by atoms with E-state index in [9.17, 15) is 0 Å². The van der Waals surface area contributed by atoms with Crippen LogP contribution in [-0.2, 0) is 7.05 Å². The van der Waals surface area contributed by atoms with Crippen LogP contribution in [-0.4, -0.2) is 11.4 Å². The molecule has 1 aromatic rings. The van der Waals surface area contributed by atoms with E-state index in [1.807, 2.05) is 36.1 Å². The topological polar surface area (TPSA) is 36.5 Å². The van der Waals surface area contributed by atoms with Gasteiger partial charge in [-0.15, -0.1) is 0 Å². The molecule has 1 rings (SSSR count). The Hall–Kier alpha value is -0.900. The van der Waals surface area contributed by atoms with Crippen LogP contribution in [0.25, 0.3) is 0 Å². The SMILES string of the molecule is C[n+]1cccc(/C=N/O)c1.[Br-]. The van der Waals surface area contributed by atoms with Crippen molar-refractivity contribution >= 4 is 6.21 Å². The van der Waals surface area contributed by atoms with E-state index in [0.29, 0.717) is 0 Å². The van der Waals surface area contributed by atoms with Crippen molar-refractivity contribution in [2.45, 2.75) is 0 Å². The van der Waals surface area contributed by atoms with Crippen molar-refractivity contribution < 1.29 is 26.8 Å². The fraction of sp³-hybridized carbons (Fsp3) is 0.143. The van der Waals surface area contributed by atoms with Crippen LogP contribution in [0, 0.1) is 0 Å². The molecular formula is C7H9BrN2O. The minimum absolute atomic E-state index is 0. The van der Waals surface area contributed by atoms with Crippen LogP contribution in [0.4, 0.5) is 0 Å². The molecule has 1 aromatic heterocycles. The van der Waals surface area contributed by atoms with Crippen molar-refractivity contribution in [3.05, 3.63) is 30.1 Å². The predicted octanol–water partition coefficient (Wildman–Crippen LogP) is -2.68. The Morgan fingerprint density at radius 3 is 2.91 bits per heavy atom. The van der Waals surface area contributed by atoms with E-state index in [4.69, 9.17) is 5.21 Å². The lowest BCUT2D eigenvalue weighted by Crippen LogP contribution is -3.00. The molecule has 0 bridgehead atoms. The zero-order valence-electron chi connectivity index (χ0n) is 6.11. The molecule has 0 aromatic carbocycles. The summed E-state index contributed by atoms with van der Waals surface area (Å²) in [6.45, 7) is 0. The number of halogens is 1. The molecule has 0 fully saturated rings. The molecule has 1 N–H and O–H groups in total. The zero-order chi connectivity index (χ0) is 7.40. The highest BCUT2D eigenvalue weighted by atomic mass is 79.9. The molecule has 0 saturated heterocycles. The molecule has 0 radical (unpaired) electrons. The summed E-state index contributed by atoms with van der Waals surface area (Å²) in [5.41, 5.74) is 0.882. The predicted molar refractivity (Wildman–Crippen MR) is 37.0 cm³/mol. The van der Waals surface area contributed by atoms with Crippen LogP contribution in [0.5, 0.6) is 0 Å². The normalized spacial score (nSPS) is 9.55. The highest BCUT2D eigenvalue weighted by Crippen LogP contribution is 1.87. The summed E-state index contributed by atoms with van der Waals surface area (Å²) >= 11 is 0. The molecule has 11 heavy (non-hydrogen) atoms. The van der Waals surface area contributed by atoms with E-state index in [2.05, 4.69) is 5.16 Å². The summed E-state index contributed by atoms with van der Waals surface area (Å²) in [7, 11) is 1.91. The first kappa shape index (κ1) is 10.1. The molecule has 0 unspecified atom stereocenters. The molecule has 0 aliphatic carbocycles. The second-order valence-corrected chi connectivity index (χ2v) is 2.05. The summed E-state index contributed by atoms with van der Waals surface area (Å²) in [6.07, 6.45) is 5.16. The van der Waals surface area contributed by atoms with Crippen molar-refractivity contribution in [1.29, 1.82) is 0 Å². The first-order chi connectivity index (χ1) is 4.83. The van der Waals surface area contributed by atoms with Gasteiger partial charge >= 0.3 is 0 Å². The van der Waals surface area contributed by atoms with Crippen molar-refractivity contribution in [3.8, 4) is 0 Å². The molecule has 0 spiro atoms. The van der Waals surface area contributed by atoms with Gasteiger partial charge in [0.2, 0.25) is 0 Å². The van der Waals surface area contributed by atoms with Gasteiger partial charge in [0.15, 0.2) is 12.4 Å². The molecule has 0 aliphatic rings. The number of aryl methyl sites for hydroxylation is 1. The third-order valence-electron chi connectivity index (χ3n) is 1.17. The van der Waals surface area contributed by atoms with Gasteiger partial charge < -0.3 is 22.2 Å². The van der Waals surface area contributed by atoms with Crippen molar-refractivity contribution in [3.63, 3.8) is 0 Å². The van der Waals surface area contributed by atoms with Crippen LogP contribution < -0.4 is 21.5 Å². The van der Waals surface area contributed by atoms with Crippen LogP contribution in [0.2, 0.25) is 0 Å². The van der Waals surface area contributed by atoms with Crippen molar-refractivity contribution in [1.82, 2.24) is 0 Å². The summed E-state index contributed by atoms with van der Waals surface area (Å²) in [5, 5.41) is 11.1. The molecule has 4 heteroatoms. The minimum atomic E-state index is 0. The Bertz CT molecular complexity index is 250. The summed E-state index contributed by atoms with van der Waals surface area (Å²) in [6, 6.07) is 3.75. The lowest BCUT2D eigenvalue weighted by molar-refractivity contribution is -0.671. The minimum Gasteiger partial charge on any atom is -1.00 e. The van der Waals surface area contributed by atoms with E-state index in [1.54, 1.807) is 0 Å². The average Bonchev–Trinajstić information content (AvgIpc) is 1.88. The van der Waals surface area contributed by atoms with E-state index < -0.39 is 0 Å². The van der Waals surface area contributed by atoms with Gasteiger partial charge in [-0.05, 0) is 6.07 Å². The second kappa shape index (κ2) is 4.85. The van der Waals surface area contributed by atoms with Gasteiger partial charge in [0.25, 0.3) is 0 Å². The maximum Gasteiger partial charge on any atom is 0.177 e. The maximum absolute atomic E-state index is 8.17. The smallest absolute Gasteiger partial charge is 0.177 e. The second-order valence-electron chi connectivity index (χ2n) is 2.05. The largest absolute Gasteiger partial charge is 1.00 e. The number of hydrogen-bond acceptors (Lipinski definition) is 2. The molecule has 0 saturated carbocycles. The monoisotopic (exact) mass is 216 g/mol. The fourth-order valence-corrected chi connectivity index (χ4v) is 0.754. The fourth-order valence-electron chi connectivity index (χ4n) is 0.754. The Morgan fingerprint density at radius 2 is 2.36 bits per heavy atom. The summed E-state index contributed by atoms with van der Waals surface area (Å²) < 4.78 is 1.89. The molecule has 3 nitrogen and oxygen atoms in total. The molecule has 0 aliphatic heterocycles. The van der Waals surface area contributed by atoms with E-state index in [-0.39, 0.29) is 17.0 Å². The standard InChI is InChI=1S/C7H8N2O.BrH/c1-9-4-2-3-7(6-9)5-8-10;/h2-6H,1H3;1H/b8-5+;. The van der Waals surface area contributed by atoms with Crippen LogP contribution in [0.1, 0.15) is 5.56 Å². The lowest BCUT2D eigenvalue weighted by atomic mass is 10.3. The molecule has 0 amide bonds. The Morgan fingerprint density at radius 1 is 1.64 bits per heavy atom. The highest BCUT2D eigenvalue weighted by molar-refractivity contribution is 5.77. The van der Waals surface area contributed by atoms with Crippen LogP contribution in [0.15, 0.2) is 29.7 Å². The van der Waals surface area contributed by atoms with Crippen molar-refractivity contribution in [2.24, 2.45) is 12.2 Å². The van der Waals surface area contributed by atoms with Gasteiger partial charge in [-0.2, -0.15) is 0 Å². The quantitative estimate of drug-likeness (QED) is 0.237. The van der Waals surface area contributed by atoms with E-state index >= 15 is 0 Å². The Kier molecular flexibility index (Phi) is 4.45. The number of nitrogens with zero attached hydrogens (tertiary/aromatic N) is 2. The number of hydrogen-bond donors (Lipinski definition) is 1. The number of oxime groups is 1.